The van der Waals surface area contributed by atoms with Crippen LogP contribution in [0.25, 0.3) is 11.0 Å². The monoisotopic (exact) mass is 430 g/mol. The van der Waals surface area contributed by atoms with E-state index >= 15 is 0 Å². The summed E-state index contributed by atoms with van der Waals surface area (Å²) in [7, 11) is 0. The van der Waals surface area contributed by atoms with Gasteiger partial charge in [0, 0.05) is 36.1 Å². The lowest BCUT2D eigenvalue weighted by Crippen LogP contribution is -2.36. The lowest BCUT2D eigenvalue weighted by Gasteiger charge is -2.34. The van der Waals surface area contributed by atoms with Crippen LogP contribution in [0.5, 0.6) is 0 Å². The summed E-state index contributed by atoms with van der Waals surface area (Å²) in [4.78, 5) is 46.8. The number of pyridine rings is 2. The van der Waals surface area contributed by atoms with Crippen molar-refractivity contribution in [2.45, 2.75) is 41.2 Å². The molecule has 7 nitrogen and oxygen atoms in total. The van der Waals surface area contributed by atoms with Gasteiger partial charge >= 0.3 is 0 Å². The Morgan fingerprint density at radius 2 is 1.97 bits per heavy atom. The van der Waals surface area contributed by atoms with Gasteiger partial charge in [-0.2, -0.15) is 0 Å². The molecule has 32 heavy (non-hydrogen) atoms. The highest BCUT2D eigenvalue weighted by Crippen LogP contribution is 2.38. The highest BCUT2D eigenvalue weighted by Gasteiger charge is 2.32. The number of aromatic nitrogens is 2. The molecule has 164 valence electrons. The molecule has 0 saturated carbocycles. The number of nitrogens with zero attached hydrogens (tertiary/aromatic N) is 3. The van der Waals surface area contributed by atoms with Crippen LogP contribution in [0.2, 0.25) is 0 Å². The molecule has 1 aliphatic carbocycles. The van der Waals surface area contributed by atoms with Gasteiger partial charge in [0.1, 0.15) is 11.2 Å². The smallest absolute Gasteiger partial charge is 0.283 e. The van der Waals surface area contributed by atoms with Crippen LogP contribution >= 0.6 is 0 Å². The number of aryl methyl sites for hydroxylation is 2. The minimum atomic E-state index is -0.622. The number of carbonyl (C=O) groups excluding carboxylic acids is 2. The van der Waals surface area contributed by atoms with Crippen LogP contribution in [0, 0.1) is 18.3 Å². The van der Waals surface area contributed by atoms with Crippen LogP contribution in [-0.4, -0.2) is 27.1 Å². The quantitative estimate of drug-likeness (QED) is 0.789. The number of carbonyl (C=O) groups is 2. The number of rotatable bonds is 2. The van der Waals surface area contributed by atoms with Crippen molar-refractivity contribution in [3.8, 4) is 0 Å². The predicted octanol–water partition coefficient (Wildman–Crippen LogP) is 3.48. The topological polar surface area (TPSA) is 93.4 Å². The van der Waals surface area contributed by atoms with E-state index in [1.165, 1.54) is 6.20 Å². The Morgan fingerprint density at radius 1 is 1.22 bits per heavy atom. The van der Waals surface area contributed by atoms with E-state index in [-0.39, 0.29) is 28.2 Å². The molecule has 0 aromatic carbocycles. The summed E-state index contributed by atoms with van der Waals surface area (Å²) in [6.45, 7) is 10.5. The average Bonchev–Trinajstić information content (AvgIpc) is 2.72. The Kier molecular flexibility index (Phi) is 5.28. The van der Waals surface area contributed by atoms with Crippen LogP contribution in [0.15, 0.2) is 63.7 Å². The SMILES string of the molecule is CCn1cc(C(=O)N=C2C=CC3C(=C2)NC(=O)C=C3C(C)(C)C)c(=O)c2ccc(C)nc21. The van der Waals surface area contributed by atoms with Crippen LogP contribution < -0.4 is 10.7 Å². The fourth-order valence-corrected chi connectivity index (χ4v) is 4.07. The Labute approximate surface area is 186 Å². The molecular formula is C25H26N4O3. The lowest BCUT2D eigenvalue weighted by atomic mass is 9.74. The molecule has 1 aliphatic heterocycles. The van der Waals surface area contributed by atoms with Gasteiger partial charge < -0.3 is 9.88 Å². The van der Waals surface area contributed by atoms with Crippen molar-refractivity contribution >= 4 is 28.6 Å². The zero-order valence-electron chi connectivity index (χ0n) is 18.9. The lowest BCUT2D eigenvalue weighted by molar-refractivity contribution is -0.116. The van der Waals surface area contributed by atoms with E-state index in [2.05, 4.69) is 36.1 Å². The minimum absolute atomic E-state index is 0.00520. The summed E-state index contributed by atoms with van der Waals surface area (Å²) in [6.07, 6.45) is 8.54. The third-order valence-corrected chi connectivity index (χ3v) is 5.72. The van der Waals surface area contributed by atoms with Crippen LogP contribution in [-0.2, 0) is 11.3 Å². The Morgan fingerprint density at radius 3 is 2.66 bits per heavy atom. The first-order chi connectivity index (χ1) is 15.1. The number of allylic oxidation sites excluding steroid dienone is 3. The van der Waals surface area contributed by atoms with Gasteiger partial charge in [-0.15, -0.1) is 0 Å². The van der Waals surface area contributed by atoms with Crippen molar-refractivity contribution in [2.24, 2.45) is 16.3 Å². The molecule has 2 aromatic heterocycles. The molecule has 0 fully saturated rings. The number of hydrogen-bond donors (Lipinski definition) is 1. The third-order valence-electron chi connectivity index (χ3n) is 5.72. The molecule has 0 radical (unpaired) electrons. The number of nitrogens with one attached hydrogen (secondary N) is 1. The number of amides is 2. The van der Waals surface area contributed by atoms with E-state index in [0.29, 0.717) is 29.0 Å². The molecule has 1 unspecified atom stereocenters. The van der Waals surface area contributed by atoms with Crippen molar-refractivity contribution in [3.63, 3.8) is 0 Å². The first-order valence-electron chi connectivity index (χ1n) is 10.6. The largest absolute Gasteiger partial charge is 0.332 e. The van der Waals surface area contributed by atoms with Gasteiger partial charge in [-0.25, -0.2) is 9.98 Å². The first-order valence-corrected chi connectivity index (χ1v) is 10.6. The maximum atomic E-state index is 13.0. The van der Waals surface area contributed by atoms with Crippen molar-refractivity contribution in [1.82, 2.24) is 14.9 Å². The highest BCUT2D eigenvalue weighted by molar-refractivity contribution is 6.14. The van der Waals surface area contributed by atoms with Crippen molar-refractivity contribution < 1.29 is 9.59 Å². The van der Waals surface area contributed by atoms with Crippen molar-refractivity contribution in [2.75, 3.05) is 0 Å². The number of aliphatic imine (C=N–C) groups is 1. The second-order valence-electron chi connectivity index (χ2n) is 9.10. The molecule has 2 aliphatic rings. The van der Waals surface area contributed by atoms with Gasteiger partial charge in [-0.1, -0.05) is 26.8 Å². The Balaban J connectivity index is 1.73. The van der Waals surface area contributed by atoms with Crippen LogP contribution in [0.1, 0.15) is 43.7 Å². The van der Waals surface area contributed by atoms with Gasteiger partial charge in [0.05, 0.1) is 11.1 Å². The molecule has 0 bridgehead atoms. The van der Waals surface area contributed by atoms with Gasteiger partial charge in [0.2, 0.25) is 11.3 Å². The van der Waals surface area contributed by atoms with E-state index in [4.69, 9.17) is 0 Å². The van der Waals surface area contributed by atoms with Crippen LogP contribution in [0.3, 0.4) is 0 Å². The van der Waals surface area contributed by atoms with Gasteiger partial charge in [-0.05, 0) is 49.1 Å². The zero-order chi connectivity index (χ0) is 23.2. The third kappa shape index (κ3) is 3.86. The van der Waals surface area contributed by atoms with Gasteiger partial charge in [0.15, 0.2) is 0 Å². The summed E-state index contributed by atoms with van der Waals surface area (Å²) in [5.74, 6) is -0.890. The molecule has 2 amide bonds. The second-order valence-corrected chi connectivity index (χ2v) is 9.10. The molecule has 7 heteroatoms. The minimum Gasteiger partial charge on any atom is -0.332 e. The van der Waals surface area contributed by atoms with Gasteiger partial charge in [-0.3, -0.25) is 14.4 Å². The molecule has 0 saturated heterocycles. The van der Waals surface area contributed by atoms with E-state index in [9.17, 15) is 14.4 Å². The molecule has 1 atom stereocenters. The maximum absolute atomic E-state index is 13.0. The molecule has 3 heterocycles. The van der Waals surface area contributed by atoms with Crippen LogP contribution in [0.4, 0.5) is 0 Å². The second kappa shape index (κ2) is 7.82. The van der Waals surface area contributed by atoms with Crippen molar-refractivity contribution in [3.05, 3.63) is 75.4 Å². The highest BCUT2D eigenvalue weighted by atomic mass is 16.2. The average molecular weight is 431 g/mol. The molecule has 0 spiro atoms. The Hall–Kier alpha value is -3.61. The van der Waals surface area contributed by atoms with E-state index in [1.807, 2.05) is 19.9 Å². The van der Waals surface area contributed by atoms with E-state index in [1.54, 1.807) is 34.9 Å². The summed E-state index contributed by atoms with van der Waals surface area (Å²) in [5, 5.41) is 3.24. The molecule has 4 rings (SSSR count). The molecule has 1 N–H and O–H groups in total. The predicted molar refractivity (Wildman–Crippen MR) is 125 cm³/mol. The summed E-state index contributed by atoms with van der Waals surface area (Å²) in [5.41, 5.74) is 2.84. The molecule has 2 aromatic rings. The normalized spacial score (nSPS) is 19.5. The number of fused-ring (bicyclic) bond motifs is 2. The fourth-order valence-electron chi connectivity index (χ4n) is 4.07. The van der Waals surface area contributed by atoms with Crippen molar-refractivity contribution in [1.29, 1.82) is 0 Å². The fraction of sp³-hybridized carbons (Fsp3) is 0.320. The summed E-state index contributed by atoms with van der Waals surface area (Å²) >= 11 is 0. The summed E-state index contributed by atoms with van der Waals surface area (Å²) < 4.78 is 1.78. The number of hydrogen-bond acceptors (Lipinski definition) is 4. The van der Waals surface area contributed by atoms with E-state index < -0.39 is 5.91 Å². The van der Waals surface area contributed by atoms with Gasteiger partial charge in [0.25, 0.3) is 5.91 Å². The summed E-state index contributed by atoms with van der Waals surface area (Å²) in [6, 6.07) is 3.45. The molecular weight excluding hydrogens is 404 g/mol. The van der Waals surface area contributed by atoms with E-state index in [0.717, 1.165) is 11.3 Å². The Bertz CT molecular complexity index is 1330. The maximum Gasteiger partial charge on any atom is 0.283 e. The zero-order valence-corrected chi connectivity index (χ0v) is 18.9. The standard InChI is InChI=1S/C25H26N4O3/c1-6-29-13-18(22(31)17-9-7-14(2)26-23(17)29)24(32)27-15-8-10-16-19(25(3,4)5)12-21(30)28-20(16)11-15/h7-13,16H,6H2,1-5H3,(H,28,30). The first kappa shape index (κ1) is 21.6.